The molecule has 0 saturated heterocycles. The van der Waals surface area contributed by atoms with Crippen LogP contribution >= 0.6 is 0 Å². The SMILES string of the molecule is C[C@@H](O)[C@@H](N)c1ccc(S(C)(=O)=O)cc1. The summed E-state index contributed by atoms with van der Waals surface area (Å²) in [5.41, 5.74) is 6.42. The van der Waals surface area contributed by atoms with E-state index in [1.54, 1.807) is 19.1 Å². The molecule has 0 unspecified atom stereocenters. The number of nitrogens with two attached hydrogens (primary N) is 1. The summed E-state index contributed by atoms with van der Waals surface area (Å²) in [4.78, 5) is 0.254. The van der Waals surface area contributed by atoms with Gasteiger partial charge >= 0.3 is 0 Å². The minimum atomic E-state index is -3.17. The summed E-state index contributed by atoms with van der Waals surface area (Å²) in [5.74, 6) is 0. The summed E-state index contributed by atoms with van der Waals surface area (Å²) in [6, 6.07) is 5.74. The first-order chi connectivity index (χ1) is 6.82. The maximum absolute atomic E-state index is 11.2. The Morgan fingerprint density at radius 1 is 1.27 bits per heavy atom. The molecule has 0 saturated carbocycles. The lowest BCUT2D eigenvalue weighted by molar-refractivity contribution is 0.164. The number of aliphatic hydroxyl groups excluding tert-OH is 1. The Labute approximate surface area is 89.7 Å². The average molecular weight is 229 g/mol. The van der Waals surface area contributed by atoms with E-state index in [9.17, 15) is 13.5 Å². The van der Waals surface area contributed by atoms with Crippen molar-refractivity contribution in [2.75, 3.05) is 6.26 Å². The second kappa shape index (κ2) is 4.30. The predicted octanol–water partition coefficient (Wildman–Crippen LogP) is 0.471. The molecule has 15 heavy (non-hydrogen) atoms. The van der Waals surface area contributed by atoms with Gasteiger partial charge in [0.15, 0.2) is 9.84 Å². The fourth-order valence-electron chi connectivity index (χ4n) is 1.22. The van der Waals surface area contributed by atoms with Gasteiger partial charge in [0.25, 0.3) is 0 Å². The zero-order chi connectivity index (χ0) is 11.6. The third-order valence-corrected chi connectivity index (χ3v) is 3.34. The molecule has 1 aromatic carbocycles. The monoisotopic (exact) mass is 229 g/mol. The molecule has 0 bridgehead atoms. The van der Waals surface area contributed by atoms with Crippen LogP contribution in [0.25, 0.3) is 0 Å². The molecule has 0 aromatic heterocycles. The highest BCUT2D eigenvalue weighted by atomic mass is 32.2. The first-order valence-electron chi connectivity index (χ1n) is 4.56. The number of aliphatic hydroxyl groups is 1. The molecule has 1 rings (SSSR count). The number of benzene rings is 1. The molecule has 0 spiro atoms. The Kier molecular flexibility index (Phi) is 3.49. The molecule has 3 N–H and O–H groups in total. The van der Waals surface area contributed by atoms with E-state index in [0.29, 0.717) is 0 Å². The second-order valence-electron chi connectivity index (χ2n) is 3.61. The largest absolute Gasteiger partial charge is 0.391 e. The number of hydrogen-bond acceptors (Lipinski definition) is 4. The van der Waals surface area contributed by atoms with E-state index in [2.05, 4.69) is 0 Å². The third kappa shape index (κ3) is 3.02. The molecule has 1 aromatic rings. The summed E-state index contributed by atoms with van der Waals surface area (Å²) >= 11 is 0. The van der Waals surface area contributed by atoms with Crippen LogP contribution < -0.4 is 5.73 Å². The van der Waals surface area contributed by atoms with Crippen LogP contribution in [0.4, 0.5) is 0 Å². The lowest BCUT2D eigenvalue weighted by Crippen LogP contribution is -2.23. The lowest BCUT2D eigenvalue weighted by atomic mass is 10.0. The Balaban J connectivity index is 3.01. The Bertz CT molecular complexity index is 422. The molecular formula is C10H15NO3S. The summed E-state index contributed by atoms with van der Waals surface area (Å²) in [6.07, 6.45) is 0.491. The average Bonchev–Trinajstić information content (AvgIpc) is 2.15. The van der Waals surface area contributed by atoms with Crippen molar-refractivity contribution in [3.05, 3.63) is 29.8 Å². The lowest BCUT2D eigenvalue weighted by Gasteiger charge is -2.15. The first-order valence-corrected chi connectivity index (χ1v) is 6.45. The van der Waals surface area contributed by atoms with Crippen molar-refractivity contribution in [2.24, 2.45) is 5.73 Å². The van der Waals surface area contributed by atoms with E-state index in [1.165, 1.54) is 12.1 Å². The van der Waals surface area contributed by atoms with Crippen LogP contribution in [-0.4, -0.2) is 25.9 Å². The van der Waals surface area contributed by atoms with E-state index in [-0.39, 0.29) is 4.90 Å². The predicted molar refractivity (Wildman–Crippen MR) is 58.2 cm³/mol. The van der Waals surface area contributed by atoms with Crippen molar-refractivity contribution in [1.82, 2.24) is 0 Å². The van der Waals surface area contributed by atoms with Gasteiger partial charge in [0.05, 0.1) is 17.0 Å². The van der Waals surface area contributed by atoms with Gasteiger partial charge in [-0.25, -0.2) is 8.42 Å². The summed E-state index contributed by atoms with van der Waals surface area (Å²) in [6.45, 7) is 1.59. The number of sulfone groups is 1. The maximum atomic E-state index is 11.2. The van der Waals surface area contributed by atoms with Crippen molar-refractivity contribution in [2.45, 2.75) is 24.0 Å². The van der Waals surface area contributed by atoms with E-state index >= 15 is 0 Å². The van der Waals surface area contributed by atoms with Crippen LogP contribution in [0.5, 0.6) is 0 Å². The molecule has 0 aliphatic heterocycles. The van der Waals surface area contributed by atoms with Crippen LogP contribution in [0.3, 0.4) is 0 Å². The Morgan fingerprint density at radius 3 is 2.07 bits per heavy atom. The fraction of sp³-hybridized carbons (Fsp3) is 0.400. The van der Waals surface area contributed by atoms with Crippen LogP contribution in [0.2, 0.25) is 0 Å². The van der Waals surface area contributed by atoms with Gasteiger partial charge in [0, 0.05) is 6.26 Å². The van der Waals surface area contributed by atoms with Gasteiger partial charge in [-0.2, -0.15) is 0 Å². The normalized spacial score (nSPS) is 16.0. The van der Waals surface area contributed by atoms with Crippen LogP contribution in [-0.2, 0) is 9.84 Å². The summed E-state index contributed by atoms with van der Waals surface area (Å²) in [7, 11) is -3.17. The molecule has 84 valence electrons. The van der Waals surface area contributed by atoms with Crippen molar-refractivity contribution in [3.8, 4) is 0 Å². The van der Waals surface area contributed by atoms with E-state index in [4.69, 9.17) is 5.73 Å². The molecule has 0 fully saturated rings. The summed E-state index contributed by atoms with van der Waals surface area (Å²) in [5, 5.41) is 9.26. The zero-order valence-corrected chi connectivity index (χ0v) is 9.53. The molecule has 0 radical (unpaired) electrons. The van der Waals surface area contributed by atoms with Crippen LogP contribution in [0, 0.1) is 0 Å². The first kappa shape index (κ1) is 12.2. The highest BCUT2D eigenvalue weighted by molar-refractivity contribution is 7.90. The second-order valence-corrected chi connectivity index (χ2v) is 5.62. The molecule has 2 atom stereocenters. The van der Waals surface area contributed by atoms with Crippen LogP contribution in [0.1, 0.15) is 18.5 Å². The van der Waals surface area contributed by atoms with Gasteiger partial charge in [-0.1, -0.05) is 12.1 Å². The molecule has 0 aliphatic rings. The molecule has 0 heterocycles. The molecule has 0 amide bonds. The van der Waals surface area contributed by atoms with Gasteiger partial charge in [-0.3, -0.25) is 0 Å². The van der Waals surface area contributed by atoms with Crippen molar-refractivity contribution < 1.29 is 13.5 Å². The van der Waals surface area contributed by atoms with Gasteiger partial charge in [0.1, 0.15) is 0 Å². The minimum Gasteiger partial charge on any atom is -0.391 e. The standard InChI is InChI=1S/C10H15NO3S/c1-7(12)10(11)8-3-5-9(6-4-8)15(2,13)14/h3-7,10,12H,11H2,1-2H3/t7-,10-/m1/s1. The van der Waals surface area contributed by atoms with E-state index in [0.717, 1.165) is 11.8 Å². The maximum Gasteiger partial charge on any atom is 0.175 e. The highest BCUT2D eigenvalue weighted by Gasteiger charge is 2.13. The van der Waals surface area contributed by atoms with Gasteiger partial charge in [0.2, 0.25) is 0 Å². The van der Waals surface area contributed by atoms with E-state index in [1.807, 2.05) is 0 Å². The molecule has 4 nitrogen and oxygen atoms in total. The van der Waals surface area contributed by atoms with E-state index < -0.39 is 22.0 Å². The molecular weight excluding hydrogens is 214 g/mol. The van der Waals surface area contributed by atoms with Crippen LogP contribution in [0.15, 0.2) is 29.2 Å². The summed E-state index contributed by atoms with van der Waals surface area (Å²) < 4.78 is 22.3. The van der Waals surface area contributed by atoms with Gasteiger partial charge in [-0.05, 0) is 24.6 Å². The smallest absolute Gasteiger partial charge is 0.175 e. The van der Waals surface area contributed by atoms with Crippen molar-refractivity contribution >= 4 is 9.84 Å². The van der Waals surface area contributed by atoms with Gasteiger partial charge in [-0.15, -0.1) is 0 Å². The van der Waals surface area contributed by atoms with Crippen molar-refractivity contribution in [1.29, 1.82) is 0 Å². The zero-order valence-electron chi connectivity index (χ0n) is 8.71. The highest BCUT2D eigenvalue weighted by Crippen LogP contribution is 2.17. The minimum absolute atomic E-state index is 0.254. The fourth-order valence-corrected chi connectivity index (χ4v) is 1.85. The number of rotatable bonds is 3. The quantitative estimate of drug-likeness (QED) is 0.789. The Morgan fingerprint density at radius 2 is 1.73 bits per heavy atom. The third-order valence-electron chi connectivity index (χ3n) is 2.21. The molecule has 5 heteroatoms. The van der Waals surface area contributed by atoms with Crippen molar-refractivity contribution in [3.63, 3.8) is 0 Å². The molecule has 0 aliphatic carbocycles. The van der Waals surface area contributed by atoms with Gasteiger partial charge < -0.3 is 10.8 Å². The number of hydrogen-bond donors (Lipinski definition) is 2. The topological polar surface area (TPSA) is 80.4 Å². The Hall–Kier alpha value is -0.910.